The van der Waals surface area contributed by atoms with Crippen LogP contribution in [-0.4, -0.2) is 41.6 Å². The third-order valence-corrected chi connectivity index (χ3v) is 1.80. The molecule has 0 saturated carbocycles. The maximum absolute atomic E-state index is 11.7. The Morgan fingerprint density at radius 1 is 1.56 bits per heavy atom. The van der Waals surface area contributed by atoms with E-state index >= 15 is 0 Å². The van der Waals surface area contributed by atoms with Crippen molar-refractivity contribution in [2.45, 2.75) is 12.7 Å². The van der Waals surface area contributed by atoms with Gasteiger partial charge in [-0.05, 0) is 6.07 Å². The van der Waals surface area contributed by atoms with Gasteiger partial charge in [0.25, 0.3) is 0 Å². The number of nitrogen functional groups attached to an aromatic ring is 1. The lowest BCUT2D eigenvalue weighted by atomic mass is 10.5. The Morgan fingerprint density at radius 3 is 2.83 bits per heavy atom. The molecule has 1 amide bonds. The number of carbonyl (C=O) groups excluding carboxylic acids is 1. The molecule has 0 aliphatic rings. The maximum Gasteiger partial charge on any atom is 0.411 e. The van der Waals surface area contributed by atoms with E-state index in [0.29, 0.717) is 0 Å². The highest BCUT2D eigenvalue weighted by molar-refractivity contribution is 5.75. The largest absolute Gasteiger partial charge is 0.411 e. The highest BCUT2D eigenvalue weighted by Crippen LogP contribution is 2.13. The van der Waals surface area contributed by atoms with Gasteiger partial charge in [-0.3, -0.25) is 9.48 Å². The first-order chi connectivity index (χ1) is 8.37. The number of alkyl halides is 3. The van der Waals surface area contributed by atoms with E-state index in [0.717, 1.165) is 0 Å². The summed E-state index contributed by atoms with van der Waals surface area (Å²) in [7, 11) is 0. The number of halogens is 3. The third-order valence-electron chi connectivity index (χ3n) is 1.80. The summed E-state index contributed by atoms with van der Waals surface area (Å²) in [5.74, 6) is -0.0926. The summed E-state index contributed by atoms with van der Waals surface area (Å²) in [6.07, 6.45) is -2.83. The molecule has 0 saturated heterocycles. The molecule has 6 nitrogen and oxygen atoms in total. The topological polar surface area (TPSA) is 82.2 Å². The fourth-order valence-electron chi connectivity index (χ4n) is 1.12. The molecular weight excluding hydrogens is 253 g/mol. The summed E-state index contributed by atoms with van der Waals surface area (Å²) in [5, 5.41) is 6.17. The molecule has 0 atom stereocenters. The molecule has 9 heteroatoms. The van der Waals surface area contributed by atoms with E-state index in [-0.39, 0.29) is 31.4 Å². The number of anilines is 1. The lowest BCUT2D eigenvalue weighted by Gasteiger charge is -2.08. The van der Waals surface area contributed by atoms with Crippen molar-refractivity contribution in [3.63, 3.8) is 0 Å². The van der Waals surface area contributed by atoms with Crippen LogP contribution in [0.3, 0.4) is 0 Å². The smallest absolute Gasteiger partial charge is 0.382 e. The van der Waals surface area contributed by atoms with Crippen molar-refractivity contribution in [2.75, 3.05) is 25.5 Å². The summed E-state index contributed by atoms with van der Waals surface area (Å²) in [6.45, 7) is -1.56. The van der Waals surface area contributed by atoms with Gasteiger partial charge in [0.05, 0.1) is 6.61 Å². The van der Waals surface area contributed by atoms with E-state index in [4.69, 9.17) is 5.73 Å². The van der Waals surface area contributed by atoms with Gasteiger partial charge in [-0.25, -0.2) is 0 Å². The molecule has 3 N–H and O–H groups in total. The summed E-state index contributed by atoms with van der Waals surface area (Å²) in [5.41, 5.74) is 5.34. The van der Waals surface area contributed by atoms with E-state index in [1.54, 1.807) is 0 Å². The maximum atomic E-state index is 11.7. The molecule has 0 unspecified atom stereocenters. The Hall–Kier alpha value is -1.77. The normalized spacial score (nSPS) is 11.5. The quantitative estimate of drug-likeness (QED) is 0.719. The second-order valence-corrected chi connectivity index (χ2v) is 3.46. The molecule has 1 aromatic rings. The zero-order valence-electron chi connectivity index (χ0n) is 9.41. The predicted molar refractivity (Wildman–Crippen MR) is 56.5 cm³/mol. The molecule has 0 aromatic carbocycles. The number of nitrogens with two attached hydrogens (primary N) is 1. The Kier molecular flexibility index (Phi) is 4.95. The average molecular weight is 266 g/mol. The van der Waals surface area contributed by atoms with Crippen molar-refractivity contribution in [1.82, 2.24) is 15.1 Å². The fraction of sp³-hybridized carbons (Fsp3) is 0.556. The number of amides is 1. The van der Waals surface area contributed by atoms with Crippen LogP contribution in [0.2, 0.25) is 0 Å². The molecule has 1 heterocycles. The average Bonchev–Trinajstić information content (AvgIpc) is 2.61. The molecule has 102 valence electrons. The number of nitrogens with one attached hydrogen (secondary N) is 1. The van der Waals surface area contributed by atoms with Crippen LogP contribution in [0.1, 0.15) is 0 Å². The summed E-state index contributed by atoms with van der Waals surface area (Å²) in [6, 6.07) is 1.53. The zero-order chi connectivity index (χ0) is 13.6. The number of ether oxygens (including phenoxy) is 1. The minimum atomic E-state index is -4.35. The molecule has 0 aliphatic heterocycles. The summed E-state index contributed by atoms with van der Waals surface area (Å²) >= 11 is 0. The van der Waals surface area contributed by atoms with Crippen molar-refractivity contribution in [3.8, 4) is 0 Å². The van der Waals surface area contributed by atoms with Crippen LogP contribution in [0.5, 0.6) is 0 Å². The van der Waals surface area contributed by atoms with Gasteiger partial charge in [0, 0.05) is 12.7 Å². The van der Waals surface area contributed by atoms with Crippen LogP contribution < -0.4 is 11.1 Å². The predicted octanol–water partition coefficient (Wildman–Crippen LogP) is 0.160. The summed E-state index contributed by atoms with van der Waals surface area (Å²) in [4.78, 5) is 11.3. The van der Waals surface area contributed by atoms with Gasteiger partial charge in [0.1, 0.15) is 19.0 Å². The highest BCUT2D eigenvalue weighted by atomic mass is 19.4. The van der Waals surface area contributed by atoms with Crippen molar-refractivity contribution in [2.24, 2.45) is 0 Å². The summed E-state index contributed by atoms with van der Waals surface area (Å²) < 4.78 is 40.7. The number of rotatable bonds is 6. The molecule has 0 bridgehead atoms. The second-order valence-electron chi connectivity index (χ2n) is 3.46. The monoisotopic (exact) mass is 266 g/mol. The first-order valence-corrected chi connectivity index (χ1v) is 5.07. The molecule has 0 radical (unpaired) electrons. The number of carbonyl (C=O) groups is 1. The van der Waals surface area contributed by atoms with Crippen LogP contribution in [-0.2, 0) is 16.1 Å². The molecule has 0 aliphatic carbocycles. The Balaban J connectivity index is 2.11. The number of hydrogen-bond donors (Lipinski definition) is 2. The van der Waals surface area contributed by atoms with Crippen LogP contribution >= 0.6 is 0 Å². The number of nitrogens with zero attached hydrogens (tertiary/aromatic N) is 2. The molecule has 18 heavy (non-hydrogen) atoms. The molecule has 1 aromatic heterocycles. The van der Waals surface area contributed by atoms with Gasteiger partial charge in [-0.15, -0.1) is 0 Å². The first kappa shape index (κ1) is 14.3. The first-order valence-electron chi connectivity index (χ1n) is 5.07. The van der Waals surface area contributed by atoms with Crippen molar-refractivity contribution in [3.05, 3.63) is 12.3 Å². The number of hydrogen-bond acceptors (Lipinski definition) is 4. The van der Waals surface area contributed by atoms with Crippen LogP contribution in [0, 0.1) is 0 Å². The minimum absolute atomic E-state index is 0.00562. The van der Waals surface area contributed by atoms with Crippen LogP contribution in [0.4, 0.5) is 19.0 Å². The van der Waals surface area contributed by atoms with Gasteiger partial charge in [-0.1, -0.05) is 0 Å². The van der Waals surface area contributed by atoms with Gasteiger partial charge >= 0.3 is 6.18 Å². The standard InChI is InChI=1S/C9H13F3N4O2/c10-9(11,12)6-18-4-2-14-8(17)5-16-3-1-7(13)15-16/h1,3H,2,4-6H2,(H2,13,15)(H,14,17). The number of aromatic nitrogens is 2. The SMILES string of the molecule is Nc1ccn(CC(=O)NCCOCC(F)(F)F)n1. The highest BCUT2D eigenvalue weighted by Gasteiger charge is 2.27. The van der Waals surface area contributed by atoms with Gasteiger partial charge < -0.3 is 15.8 Å². The Labute approximate surface area is 101 Å². The lowest BCUT2D eigenvalue weighted by Crippen LogP contribution is -2.31. The lowest BCUT2D eigenvalue weighted by molar-refractivity contribution is -0.173. The second kappa shape index (κ2) is 6.24. The van der Waals surface area contributed by atoms with E-state index < -0.39 is 12.8 Å². The Morgan fingerprint density at radius 2 is 2.28 bits per heavy atom. The van der Waals surface area contributed by atoms with Crippen LogP contribution in [0.25, 0.3) is 0 Å². The van der Waals surface area contributed by atoms with E-state index in [2.05, 4.69) is 15.2 Å². The van der Waals surface area contributed by atoms with Crippen molar-refractivity contribution >= 4 is 11.7 Å². The third kappa shape index (κ3) is 6.09. The van der Waals surface area contributed by atoms with Crippen molar-refractivity contribution in [1.29, 1.82) is 0 Å². The molecular formula is C9H13F3N4O2. The molecule has 0 spiro atoms. The van der Waals surface area contributed by atoms with Crippen molar-refractivity contribution < 1.29 is 22.7 Å². The zero-order valence-corrected chi connectivity index (χ0v) is 9.41. The van der Waals surface area contributed by atoms with E-state index in [1.165, 1.54) is 16.9 Å². The van der Waals surface area contributed by atoms with E-state index in [1.807, 2.05) is 0 Å². The van der Waals surface area contributed by atoms with Gasteiger partial charge in [-0.2, -0.15) is 18.3 Å². The molecule has 1 rings (SSSR count). The van der Waals surface area contributed by atoms with Gasteiger partial charge in [0.15, 0.2) is 0 Å². The minimum Gasteiger partial charge on any atom is -0.382 e. The Bertz CT molecular complexity index is 391. The van der Waals surface area contributed by atoms with Crippen LogP contribution in [0.15, 0.2) is 12.3 Å². The molecule has 0 fully saturated rings. The van der Waals surface area contributed by atoms with Gasteiger partial charge in [0.2, 0.25) is 5.91 Å². The van der Waals surface area contributed by atoms with E-state index in [9.17, 15) is 18.0 Å². The fourth-order valence-corrected chi connectivity index (χ4v) is 1.12.